The van der Waals surface area contributed by atoms with E-state index in [9.17, 15) is 23.3 Å². The molecule has 0 spiro atoms. The average molecular weight is 259 g/mol. The molecule has 0 amide bonds. The fraction of sp³-hybridized carbons (Fsp3) is 0.222. The summed E-state index contributed by atoms with van der Waals surface area (Å²) in [4.78, 5) is 20.1. The van der Waals surface area contributed by atoms with Crippen molar-refractivity contribution in [3.05, 3.63) is 39.9 Å². The first-order valence-electron chi connectivity index (χ1n) is 4.46. The van der Waals surface area contributed by atoms with Gasteiger partial charge in [0, 0.05) is 12.1 Å². The van der Waals surface area contributed by atoms with Crippen LogP contribution < -0.4 is 0 Å². The zero-order valence-electron chi connectivity index (χ0n) is 8.57. The van der Waals surface area contributed by atoms with Crippen LogP contribution in [0.2, 0.25) is 0 Å². The summed E-state index contributed by atoms with van der Waals surface area (Å²) in [6.07, 6.45) is 0. The largest absolute Gasteiger partial charge is 0.480 e. The summed E-state index contributed by atoms with van der Waals surface area (Å²) in [5.41, 5.74) is -0.0338. The lowest BCUT2D eigenvalue weighted by molar-refractivity contribution is -0.384. The van der Waals surface area contributed by atoms with Crippen LogP contribution in [0.3, 0.4) is 0 Å². The maximum absolute atomic E-state index is 11.3. The van der Waals surface area contributed by atoms with Crippen LogP contribution in [0.5, 0.6) is 0 Å². The number of carbonyl (C=O) groups is 1. The quantitative estimate of drug-likeness (QED) is 0.611. The summed E-state index contributed by atoms with van der Waals surface area (Å²) in [6, 6.07) is 5.09. The van der Waals surface area contributed by atoms with Crippen molar-refractivity contribution < 1.29 is 23.2 Å². The van der Waals surface area contributed by atoms with Gasteiger partial charge in [-0.15, -0.1) is 0 Å². The fourth-order valence-electron chi connectivity index (χ4n) is 1.25. The Labute approximate surface area is 96.8 Å². The lowest BCUT2D eigenvalue weighted by Crippen LogP contribution is -2.16. The molecule has 1 N–H and O–H groups in total. The molecule has 0 aliphatic carbocycles. The van der Waals surface area contributed by atoms with Crippen LogP contribution in [0.25, 0.3) is 0 Å². The summed E-state index contributed by atoms with van der Waals surface area (Å²) in [5.74, 6) is -2.97. The number of nitrogens with zero attached hydrogens (tertiary/aromatic N) is 1. The first-order valence-corrected chi connectivity index (χ1v) is 6.28. The highest BCUT2D eigenvalue weighted by Crippen LogP contribution is 2.15. The highest BCUT2D eigenvalue weighted by Gasteiger charge is 2.17. The van der Waals surface area contributed by atoms with Crippen molar-refractivity contribution in [2.45, 2.75) is 5.75 Å². The van der Waals surface area contributed by atoms with Crippen molar-refractivity contribution in [3.8, 4) is 0 Å². The molecule has 0 atom stereocenters. The van der Waals surface area contributed by atoms with Gasteiger partial charge in [-0.25, -0.2) is 8.42 Å². The second kappa shape index (κ2) is 4.91. The highest BCUT2D eigenvalue weighted by molar-refractivity contribution is 7.91. The zero-order valence-corrected chi connectivity index (χ0v) is 9.38. The number of sulfone groups is 1. The molecule has 7 nitrogen and oxygen atoms in total. The molecule has 0 aliphatic rings. The number of benzene rings is 1. The predicted octanol–water partition coefficient (Wildman–Crippen LogP) is 0.594. The smallest absolute Gasteiger partial charge is 0.318 e. The Morgan fingerprint density at radius 3 is 2.59 bits per heavy atom. The normalized spacial score (nSPS) is 11.1. The van der Waals surface area contributed by atoms with Gasteiger partial charge in [0.25, 0.3) is 5.69 Å². The first kappa shape index (κ1) is 13.1. The molecule has 0 aromatic heterocycles. The van der Waals surface area contributed by atoms with Gasteiger partial charge >= 0.3 is 5.97 Å². The van der Waals surface area contributed by atoms with Gasteiger partial charge in [-0.3, -0.25) is 14.9 Å². The number of aliphatic carboxylic acids is 1. The van der Waals surface area contributed by atoms with Crippen molar-refractivity contribution in [1.82, 2.24) is 0 Å². The zero-order chi connectivity index (χ0) is 13.1. The number of carboxylic acids is 1. The summed E-state index contributed by atoms with van der Waals surface area (Å²) in [5, 5.41) is 18.8. The van der Waals surface area contributed by atoms with Crippen LogP contribution in [0.1, 0.15) is 5.56 Å². The van der Waals surface area contributed by atoms with E-state index in [1.165, 1.54) is 18.2 Å². The summed E-state index contributed by atoms with van der Waals surface area (Å²) in [7, 11) is -3.80. The maximum Gasteiger partial charge on any atom is 0.318 e. The average Bonchev–Trinajstić information content (AvgIpc) is 2.14. The van der Waals surface area contributed by atoms with E-state index >= 15 is 0 Å². The predicted molar refractivity (Wildman–Crippen MR) is 58.2 cm³/mol. The van der Waals surface area contributed by atoms with Crippen LogP contribution in [-0.2, 0) is 20.4 Å². The Hall–Kier alpha value is -1.96. The van der Waals surface area contributed by atoms with Crippen molar-refractivity contribution in [2.24, 2.45) is 0 Å². The minimum atomic E-state index is -3.80. The number of rotatable bonds is 5. The van der Waals surface area contributed by atoms with E-state index in [4.69, 9.17) is 5.11 Å². The Morgan fingerprint density at radius 2 is 2.06 bits per heavy atom. The molecular formula is C9H9NO6S. The van der Waals surface area contributed by atoms with Gasteiger partial charge in [0.05, 0.1) is 10.7 Å². The molecule has 1 rings (SSSR count). The van der Waals surface area contributed by atoms with Gasteiger partial charge in [-0.1, -0.05) is 12.1 Å². The molecule has 0 radical (unpaired) electrons. The molecule has 0 saturated carbocycles. The van der Waals surface area contributed by atoms with Crippen molar-refractivity contribution in [1.29, 1.82) is 0 Å². The van der Waals surface area contributed by atoms with E-state index in [1.807, 2.05) is 0 Å². The van der Waals surface area contributed by atoms with Crippen LogP contribution in [0.15, 0.2) is 24.3 Å². The summed E-state index contributed by atoms with van der Waals surface area (Å²) < 4.78 is 22.7. The number of nitro benzene ring substituents is 1. The summed E-state index contributed by atoms with van der Waals surface area (Å²) in [6.45, 7) is 0. The third kappa shape index (κ3) is 4.19. The number of carboxylic acid groups (broad SMARTS) is 1. The van der Waals surface area contributed by atoms with E-state index in [2.05, 4.69) is 0 Å². The molecule has 1 aromatic rings. The van der Waals surface area contributed by atoms with Gasteiger partial charge in [-0.05, 0) is 5.56 Å². The van der Waals surface area contributed by atoms with Crippen LogP contribution >= 0.6 is 0 Å². The monoisotopic (exact) mass is 259 g/mol. The van der Waals surface area contributed by atoms with Crippen molar-refractivity contribution in [3.63, 3.8) is 0 Å². The molecular weight excluding hydrogens is 250 g/mol. The molecule has 17 heavy (non-hydrogen) atoms. The van der Waals surface area contributed by atoms with Gasteiger partial charge in [0.2, 0.25) is 0 Å². The summed E-state index contributed by atoms with van der Waals surface area (Å²) >= 11 is 0. The van der Waals surface area contributed by atoms with Gasteiger partial charge in [0.1, 0.15) is 5.75 Å². The van der Waals surface area contributed by atoms with Crippen molar-refractivity contribution >= 4 is 21.5 Å². The number of hydrogen-bond acceptors (Lipinski definition) is 5. The van der Waals surface area contributed by atoms with Crippen LogP contribution in [0.4, 0.5) is 5.69 Å². The Morgan fingerprint density at radius 1 is 1.41 bits per heavy atom. The molecule has 0 aliphatic heterocycles. The number of non-ortho nitro benzene ring substituents is 1. The van der Waals surface area contributed by atoms with Crippen LogP contribution in [-0.4, -0.2) is 30.2 Å². The van der Waals surface area contributed by atoms with E-state index < -0.39 is 32.2 Å². The van der Waals surface area contributed by atoms with E-state index in [0.29, 0.717) is 0 Å². The molecule has 0 bridgehead atoms. The number of nitro groups is 1. The maximum atomic E-state index is 11.3. The highest BCUT2D eigenvalue weighted by atomic mass is 32.2. The molecule has 0 heterocycles. The van der Waals surface area contributed by atoms with Gasteiger partial charge in [-0.2, -0.15) is 0 Å². The third-order valence-corrected chi connectivity index (χ3v) is 3.31. The van der Waals surface area contributed by atoms with Crippen molar-refractivity contribution in [2.75, 3.05) is 5.75 Å². The Balaban J connectivity index is 2.92. The molecule has 0 fully saturated rings. The number of hydrogen-bond donors (Lipinski definition) is 1. The Kier molecular flexibility index (Phi) is 3.79. The SMILES string of the molecule is O=C(O)CS(=O)(=O)Cc1cccc([N+](=O)[O-])c1. The molecule has 1 aromatic carbocycles. The van der Waals surface area contributed by atoms with E-state index in [1.54, 1.807) is 0 Å². The third-order valence-electron chi connectivity index (χ3n) is 1.85. The topological polar surface area (TPSA) is 115 Å². The fourth-order valence-corrected chi connectivity index (χ4v) is 2.42. The second-order valence-corrected chi connectivity index (χ2v) is 5.42. The molecule has 8 heteroatoms. The lowest BCUT2D eigenvalue weighted by Gasteiger charge is -2.01. The first-order chi connectivity index (χ1) is 7.80. The second-order valence-electron chi connectivity index (χ2n) is 3.35. The van der Waals surface area contributed by atoms with Crippen LogP contribution in [0, 0.1) is 10.1 Å². The Bertz CT molecular complexity index is 550. The van der Waals surface area contributed by atoms with E-state index in [0.717, 1.165) is 6.07 Å². The van der Waals surface area contributed by atoms with Gasteiger partial charge in [0.15, 0.2) is 9.84 Å². The van der Waals surface area contributed by atoms with E-state index in [-0.39, 0.29) is 11.3 Å². The standard InChI is InChI=1S/C9H9NO6S/c11-9(12)6-17(15,16)5-7-2-1-3-8(4-7)10(13)14/h1-4H,5-6H2,(H,11,12). The molecule has 0 unspecified atom stereocenters. The minimum Gasteiger partial charge on any atom is -0.480 e. The molecule has 92 valence electrons. The minimum absolute atomic E-state index is 0.195. The van der Waals surface area contributed by atoms with Gasteiger partial charge < -0.3 is 5.11 Å². The molecule has 0 saturated heterocycles. The lowest BCUT2D eigenvalue weighted by atomic mass is 10.2.